The fourth-order valence-electron chi connectivity index (χ4n) is 2.04. The molecule has 0 unspecified atom stereocenters. The molecule has 0 saturated heterocycles. The van der Waals surface area contributed by atoms with E-state index < -0.39 is 0 Å². The maximum absolute atomic E-state index is 12.1. The van der Waals surface area contributed by atoms with Crippen LogP contribution in [0.15, 0.2) is 73.1 Å². The highest BCUT2D eigenvalue weighted by molar-refractivity contribution is 5.93. The zero-order valence-corrected chi connectivity index (χ0v) is 12.4. The van der Waals surface area contributed by atoms with E-state index in [0.29, 0.717) is 18.1 Å². The van der Waals surface area contributed by atoms with Crippen LogP contribution >= 0.6 is 0 Å². The second kappa shape index (κ2) is 7.17. The molecule has 0 aliphatic heterocycles. The van der Waals surface area contributed by atoms with Gasteiger partial charge >= 0.3 is 0 Å². The summed E-state index contributed by atoms with van der Waals surface area (Å²) in [4.78, 5) is 20.4. The second-order valence-corrected chi connectivity index (χ2v) is 4.95. The van der Waals surface area contributed by atoms with E-state index in [4.69, 9.17) is 0 Å². The van der Waals surface area contributed by atoms with Crippen LogP contribution in [-0.4, -0.2) is 15.9 Å². The van der Waals surface area contributed by atoms with Crippen LogP contribution in [0.1, 0.15) is 15.9 Å². The first-order valence-electron chi connectivity index (χ1n) is 7.27. The summed E-state index contributed by atoms with van der Waals surface area (Å²) >= 11 is 0. The summed E-state index contributed by atoms with van der Waals surface area (Å²) in [5, 5.41) is 5.92. The van der Waals surface area contributed by atoms with Gasteiger partial charge in [-0.2, -0.15) is 0 Å². The number of rotatable bonds is 5. The number of nitrogens with one attached hydrogen (secondary N) is 2. The van der Waals surface area contributed by atoms with Crippen molar-refractivity contribution in [3.63, 3.8) is 0 Å². The van der Waals surface area contributed by atoms with Crippen molar-refractivity contribution in [3.05, 3.63) is 84.2 Å². The number of hydrogen-bond donors (Lipinski definition) is 2. The van der Waals surface area contributed by atoms with E-state index in [9.17, 15) is 4.79 Å². The molecule has 5 heteroatoms. The lowest BCUT2D eigenvalue weighted by Gasteiger charge is -2.06. The molecule has 1 aromatic heterocycles. The Morgan fingerprint density at radius 3 is 2.13 bits per heavy atom. The summed E-state index contributed by atoms with van der Waals surface area (Å²) in [6.45, 7) is 0.476. The minimum absolute atomic E-state index is 0.194. The number of amides is 1. The zero-order chi connectivity index (χ0) is 15.9. The van der Waals surface area contributed by atoms with Crippen LogP contribution < -0.4 is 10.6 Å². The van der Waals surface area contributed by atoms with E-state index in [0.717, 1.165) is 11.3 Å². The predicted octanol–water partition coefficient (Wildman–Crippen LogP) is 3.15. The number of carbonyl (C=O) groups is 1. The first kappa shape index (κ1) is 14.7. The van der Waals surface area contributed by atoms with Crippen LogP contribution in [0.5, 0.6) is 0 Å². The zero-order valence-electron chi connectivity index (χ0n) is 12.4. The molecular weight excluding hydrogens is 288 g/mol. The molecule has 3 rings (SSSR count). The standard InChI is InChI=1S/C18H16N4O/c23-17(19-11-14-7-3-1-4-8-14)15-12-20-18(21-13-15)22-16-9-5-2-6-10-16/h1-10,12-13H,11H2,(H,19,23)(H,20,21,22). The van der Waals surface area contributed by atoms with Gasteiger partial charge in [-0.15, -0.1) is 0 Å². The van der Waals surface area contributed by atoms with Crippen molar-refractivity contribution < 1.29 is 4.79 Å². The van der Waals surface area contributed by atoms with E-state index >= 15 is 0 Å². The average Bonchev–Trinajstić information content (AvgIpc) is 2.62. The van der Waals surface area contributed by atoms with Gasteiger partial charge in [0, 0.05) is 24.6 Å². The summed E-state index contributed by atoms with van der Waals surface area (Å²) in [5.74, 6) is 0.260. The molecule has 0 aliphatic rings. The van der Waals surface area contributed by atoms with Gasteiger partial charge in [0.25, 0.3) is 5.91 Å². The monoisotopic (exact) mass is 304 g/mol. The Morgan fingerprint density at radius 2 is 1.48 bits per heavy atom. The van der Waals surface area contributed by atoms with Gasteiger partial charge in [-0.05, 0) is 17.7 Å². The number of carbonyl (C=O) groups excluding carboxylic acids is 1. The average molecular weight is 304 g/mol. The Hall–Kier alpha value is -3.21. The fourth-order valence-corrected chi connectivity index (χ4v) is 2.04. The predicted molar refractivity (Wildman–Crippen MR) is 89.4 cm³/mol. The maximum atomic E-state index is 12.1. The minimum Gasteiger partial charge on any atom is -0.348 e. The van der Waals surface area contributed by atoms with Gasteiger partial charge in [-0.25, -0.2) is 9.97 Å². The molecule has 0 saturated carbocycles. The molecule has 0 spiro atoms. The molecule has 1 amide bonds. The summed E-state index contributed by atoms with van der Waals surface area (Å²) in [7, 11) is 0. The smallest absolute Gasteiger partial charge is 0.254 e. The van der Waals surface area contributed by atoms with E-state index in [1.54, 1.807) is 0 Å². The van der Waals surface area contributed by atoms with Crippen molar-refractivity contribution in [1.82, 2.24) is 15.3 Å². The second-order valence-electron chi connectivity index (χ2n) is 4.95. The molecule has 2 aromatic carbocycles. The third-order valence-corrected chi connectivity index (χ3v) is 3.24. The normalized spacial score (nSPS) is 10.1. The highest BCUT2D eigenvalue weighted by Crippen LogP contribution is 2.11. The van der Waals surface area contributed by atoms with Crippen LogP contribution in [0.4, 0.5) is 11.6 Å². The van der Waals surface area contributed by atoms with Crippen LogP contribution in [0.3, 0.4) is 0 Å². The molecule has 23 heavy (non-hydrogen) atoms. The topological polar surface area (TPSA) is 66.9 Å². The first-order valence-corrected chi connectivity index (χ1v) is 7.27. The quantitative estimate of drug-likeness (QED) is 0.760. The molecule has 114 valence electrons. The Labute approximate surface area is 134 Å². The number of nitrogens with zero attached hydrogens (tertiary/aromatic N) is 2. The van der Waals surface area contributed by atoms with E-state index in [-0.39, 0.29) is 5.91 Å². The molecule has 1 heterocycles. The molecule has 3 aromatic rings. The lowest BCUT2D eigenvalue weighted by atomic mass is 10.2. The molecular formula is C18H16N4O. The van der Waals surface area contributed by atoms with Gasteiger partial charge in [0.1, 0.15) is 0 Å². The lowest BCUT2D eigenvalue weighted by molar-refractivity contribution is 0.0950. The van der Waals surface area contributed by atoms with Gasteiger partial charge in [0.15, 0.2) is 0 Å². The summed E-state index contributed by atoms with van der Waals surface area (Å²) in [6.07, 6.45) is 3.02. The minimum atomic E-state index is -0.194. The first-order chi connectivity index (χ1) is 11.3. The molecule has 2 N–H and O–H groups in total. The van der Waals surface area contributed by atoms with Crippen molar-refractivity contribution >= 4 is 17.5 Å². The number of anilines is 2. The van der Waals surface area contributed by atoms with Crippen LogP contribution in [0, 0.1) is 0 Å². The Bertz CT molecular complexity index is 758. The number of para-hydroxylation sites is 1. The molecule has 0 atom stereocenters. The summed E-state index contributed by atoms with van der Waals surface area (Å²) in [5.41, 5.74) is 2.37. The third kappa shape index (κ3) is 4.14. The molecule has 5 nitrogen and oxygen atoms in total. The number of benzene rings is 2. The van der Waals surface area contributed by atoms with Gasteiger partial charge in [0.2, 0.25) is 5.95 Å². The fraction of sp³-hybridized carbons (Fsp3) is 0.0556. The number of hydrogen-bond acceptors (Lipinski definition) is 4. The SMILES string of the molecule is O=C(NCc1ccccc1)c1cnc(Nc2ccccc2)nc1. The third-order valence-electron chi connectivity index (χ3n) is 3.24. The lowest BCUT2D eigenvalue weighted by Crippen LogP contribution is -2.23. The van der Waals surface area contributed by atoms with Crippen LogP contribution in [-0.2, 0) is 6.54 Å². The van der Waals surface area contributed by atoms with Crippen molar-refractivity contribution in [1.29, 1.82) is 0 Å². The van der Waals surface area contributed by atoms with E-state index in [1.807, 2.05) is 60.7 Å². The number of aromatic nitrogens is 2. The highest BCUT2D eigenvalue weighted by Gasteiger charge is 2.07. The Balaban J connectivity index is 1.59. The highest BCUT2D eigenvalue weighted by atomic mass is 16.1. The Kier molecular flexibility index (Phi) is 4.59. The van der Waals surface area contributed by atoms with Crippen molar-refractivity contribution in [2.24, 2.45) is 0 Å². The van der Waals surface area contributed by atoms with Crippen molar-refractivity contribution in [2.45, 2.75) is 6.54 Å². The van der Waals surface area contributed by atoms with Gasteiger partial charge in [-0.1, -0.05) is 48.5 Å². The van der Waals surface area contributed by atoms with Gasteiger partial charge in [-0.3, -0.25) is 4.79 Å². The van der Waals surface area contributed by atoms with Crippen LogP contribution in [0.2, 0.25) is 0 Å². The molecule has 0 fully saturated rings. The summed E-state index contributed by atoms with van der Waals surface area (Å²) in [6, 6.07) is 19.4. The van der Waals surface area contributed by atoms with Crippen molar-refractivity contribution in [2.75, 3.05) is 5.32 Å². The van der Waals surface area contributed by atoms with Gasteiger partial charge in [0.05, 0.1) is 5.56 Å². The largest absolute Gasteiger partial charge is 0.348 e. The Morgan fingerprint density at radius 1 is 0.870 bits per heavy atom. The molecule has 0 radical (unpaired) electrons. The van der Waals surface area contributed by atoms with E-state index in [1.165, 1.54) is 12.4 Å². The molecule has 0 aliphatic carbocycles. The van der Waals surface area contributed by atoms with Crippen molar-refractivity contribution in [3.8, 4) is 0 Å². The van der Waals surface area contributed by atoms with Gasteiger partial charge < -0.3 is 10.6 Å². The van der Waals surface area contributed by atoms with Crippen LogP contribution in [0.25, 0.3) is 0 Å². The summed E-state index contributed by atoms with van der Waals surface area (Å²) < 4.78 is 0. The van der Waals surface area contributed by atoms with E-state index in [2.05, 4.69) is 20.6 Å². The molecule has 0 bridgehead atoms. The maximum Gasteiger partial charge on any atom is 0.254 e.